The summed E-state index contributed by atoms with van der Waals surface area (Å²) in [7, 11) is 0. The normalized spacial score (nSPS) is 11.7. The van der Waals surface area contributed by atoms with E-state index in [9.17, 15) is 0 Å². The maximum atomic E-state index is 4.25. The topological polar surface area (TPSA) is 43.6 Å². The summed E-state index contributed by atoms with van der Waals surface area (Å²) in [5.41, 5.74) is 4.66. The molecule has 0 N–H and O–H groups in total. The lowest BCUT2D eigenvalue weighted by atomic mass is 9.85. The molecule has 0 unspecified atom stereocenters. The molecule has 4 heteroatoms. The number of aromatic nitrogens is 4. The Morgan fingerprint density at radius 3 is 2.61 bits per heavy atom. The predicted molar refractivity (Wildman–Crippen MR) is 92.2 cm³/mol. The highest BCUT2D eigenvalue weighted by Gasteiger charge is 2.14. The molecule has 0 fully saturated rings. The van der Waals surface area contributed by atoms with E-state index in [1.165, 1.54) is 11.1 Å². The second-order valence-electron chi connectivity index (χ2n) is 6.87. The Labute approximate surface area is 137 Å². The van der Waals surface area contributed by atoms with Gasteiger partial charge in [0.25, 0.3) is 0 Å². The Morgan fingerprint density at radius 1 is 1.09 bits per heavy atom. The quantitative estimate of drug-likeness (QED) is 0.734. The van der Waals surface area contributed by atoms with Gasteiger partial charge in [-0.05, 0) is 29.5 Å². The molecule has 118 valence electrons. The molecule has 3 rings (SSSR count). The standard InChI is InChI=1S/C19H22N4/c1-14-20-8-9-23(14)13-18-11-16(12-21-22-18)15-6-5-7-17(10-15)19(2,3)4/h5-12H,13H2,1-4H3. The van der Waals surface area contributed by atoms with Gasteiger partial charge in [-0.15, -0.1) is 0 Å². The first-order chi connectivity index (χ1) is 10.9. The molecule has 0 aliphatic heterocycles. The monoisotopic (exact) mass is 306 g/mol. The number of hydrogen-bond acceptors (Lipinski definition) is 3. The fourth-order valence-electron chi connectivity index (χ4n) is 2.56. The van der Waals surface area contributed by atoms with Gasteiger partial charge >= 0.3 is 0 Å². The molecule has 0 aliphatic rings. The summed E-state index contributed by atoms with van der Waals surface area (Å²) >= 11 is 0. The molecule has 2 heterocycles. The van der Waals surface area contributed by atoms with E-state index >= 15 is 0 Å². The zero-order chi connectivity index (χ0) is 16.4. The third-order valence-electron chi connectivity index (χ3n) is 4.02. The van der Waals surface area contributed by atoms with E-state index in [4.69, 9.17) is 0 Å². The number of imidazole rings is 1. The van der Waals surface area contributed by atoms with E-state index in [0.717, 1.165) is 17.1 Å². The van der Waals surface area contributed by atoms with Crippen LogP contribution >= 0.6 is 0 Å². The van der Waals surface area contributed by atoms with E-state index in [0.29, 0.717) is 6.54 Å². The summed E-state index contributed by atoms with van der Waals surface area (Å²) in [5.74, 6) is 0.979. The van der Waals surface area contributed by atoms with Gasteiger partial charge in [0.05, 0.1) is 18.4 Å². The number of nitrogens with zero attached hydrogens (tertiary/aromatic N) is 4. The molecule has 0 atom stereocenters. The van der Waals surface area contributed by atoms with Gasteiger partial charge in [-0.2, -0.15) is 10.2 Å². The highest BCUT2D eigenvalue weighted by Crippen LogP contribution is 2.27. The second kappa shape index (κ2) is 5.95. The maximum absolute atomic E-state index is 4.25. The lowest BCUT2D eigenvalue weighted by molar-refractivity contribution is 0.590. The van der Waals surface area contributed by atoms with Crippen molar-refractivity contribution in [3.05, 3.63) is 66.0 Å². The van der Waals surface area contributed by atoms with Crippen molar-refractivity contribution in [2.45, 2.75) is 39.7 Å². The van der Waals surface area contributed by atoms with Crippen molar-refractivity contribution in [1.82, 2.24) is 19.7 Å². The zero-order valence-electron chi connectivity index (χ0n) is 14.1. The number of hydrogen-bond donors (Lipinski definition) is 0. The molecule has 0 amide bonds. The minimum atomic E-state index is 0.132. The fourth-order valence-corrected chi connectivity index (χ4v) is 2.56. The Kier molecular flexibility index (Phi) is 3.99. The first kappa shape index (κ1) is 15.4. The zero-order valence-corrected chi connectivity index (χ0v) is 14.1. The van der Waals surface area contributed by atoms with Crippen molar-refractivity contribution < 1.29 is 0 Å². The highest BCUT2D eigenvalue weighted by molar-refractivity contribution is 5.63. The fraction of sp³-hybridized carbons (Fsp3) is 0.316. The molecule has 0 saturated heterocycles. The predicted octanol–water partition coefficient (Wildman–Crippen LogP) is 3.99. The van der Waals surface area contributed by atoms with Crippen LogP contribution in [0, 0.1) is 6.92 Å². The summed E-state index contributed by atoms with van der Waals surface area (Å²) in [4.78, 5) is 4.25. The molecule has 0 bridgehead atoms. The lowest BCUT2D eigenvalue weighted by Crippen LogP contribution is -2.10. The van der Waals surface area contributed by atoms with Crippen molar-refractivity contribution >= 4 is 0 Å². The SMILES string of the molecule is Cc1nccn1Cc1cc(-c2cccc(C(C)(C)C)c2)cnn1. The first-order valence-electron chi connectivity index (χ1n) is 7.84. The summed E-state index contributed by atoms with van der Waals surface area (Å²) in [5, 5.41) is 8.43. The van der Waals surface area contributed by atoms with Crippen LogP contribution in [0.1, 0.15) is 37.9 Å². The maximum Gasteiger partial charge on any atom is 0.105 e. The third-order valence-corrected chi connectivity index (χ3v) is 4.02. The Hall–Kier alpha value is -2.49. The van der Waals surface area contributed by atoms with Gasteiger partial charge in [-0.1, -0.05) is 45.0 Å². The van der Waals surface area contributed by atoms with Crippen molar-refractivity contribution in [1.29, 1.82) is 0 Å². The van der Waals surface area contributed by atoms with Crippen molar-refractivity contribution in [2.24, 2.45) is 0 Å². The summed E-state index contributed by atoms with van der Waals surface area (Å²) < 4.78 is 2.07. The van der Waals surface area contributed by atoms with Gasteiger partial charge in [0.15, 0.2) is 0 Å². The molecule has 0 spiro atoms. The summed E-state index contributed by atoms with van der Waals surface area (Å²) in [6, 6.07) is 10.7. The number of aryl methyl sites for hydroxylation is 1. The average Bonchev–Trinajstić information content (AvgIpc) is 2.92. The molecule has 1 aromatic carbocycles. The van der Waals surface area contributed by atoms with Gasteiger partial charge in [0, 0.05) is 18.0 Å². The van der Waals surface area contributed by atoms with Crippen LogP contribution < -0.4 is 0 Å². The first-order valence-corrected chi connectivity index (χ1v) is 7.84. The van der Waals surface area contributed by atoms with Gasteiger partial charge in [0.2, 0.25) is 0 Å². The van der Waals surface area contributed by atoms with Crippen molar-refractivity contribution in [3.8, 4) is 11.1 Å². The smallest absolute Gasteiger partial charge is 0.105 e. The molecule has 4 nitrogen and oxygen atoms in total. The van der Waals surface area contributed by atoms with E-state index in [-0.39, 0.29) is 5.41 Å². The third kappa shape index (κ3) is 3.47. The van der Waals surface area contributed by atoms with Crippen molar-refractivity contribution in [2.75, 3.05) is 0 Å². The van der Waals surface area contributed by atoms with Crippen LogP contribution in [0.15, 0.2) is 48.9 Å². The Bertz CT molecular complexity index is 812. The molecule has 0 radical (unpaired) electrons. The average molecular weight is 306 g/mol. The molecular formula is C19H22N4. The van der Waals surface area contributed by atoms with Crippen LogP contribution in [0.3, 0.4) is 0 Å². The second-order valence-corrected chi connectivity index (χ2v) is 6.87. The van der Waals surface area contributed by atoms with Crippen LogP contribution in [0.5, 0.6) is 0 Å². The minimum absolute atomic E-state index is 0.132. The minimum Gasteiger partial charge on any atom is -0.329 e. The van der Waals surface area contributed by atoms with E-state index in [2.05, 4.69) is 70.9 Å². The highest BCUT2D eigenvalue weighted by atomic mass is 15.1. The van der Waals surface area contributed by atoms with Crippen LogP contribution in [-0.4, -0.2) is 19.7 Å². The molecule has 23 heavy (non-hydrogen) atoms. The Balaban J connectivity index is 1.92. The van der Waals surface area contributed by atoms with E-state index < -0.39 is 0 Å². The van der Waals surface area contributed by atoms with Gasteiger partial charge in [0.1, 0.15) is 5.82 Å². The number of benzene rings is 1. The van der Waals surface area contributed by atoms with Gasteiger partial charge in [-0.3, -0.25) is 0 Å². The molecule has 0 saturated carbocycles. The van der Waals surface area contributed by atoms with Crippen LogP contribution in [0.4, 0.5) is 0 Å². The van der Waals surface area contributed by atoms with Gasteiger partial charge in [-0.25, -0.2) is 4.98 Å². The van der Waals surface area contributed by atoms with Gasteiger partial charge < -0.3 is 4.57 Å². The Morgan fingerprint density at radius 2 is 1.91 bits per heavy atom. The van der Waals surface area contributed by atoms with Crippen molar-refractivity contribution in [3.63, 3.8) is 0 Å². The summed E-state index contributed by atoms with van der Waals surface area (Å²) in [6.45, 7) is 9.36. The molecule has 3 aromatic rings. The summed E-state index contributed by atoms with van der Waals surface area (Å²) in [6.07, 6.45) is 5.59. The number of rotatable bonds is 3. The molecule has 2 aromatic heterocycles. The largest absolute Gasteiger partial charge is 0.329 e. The molecular weight excluding hydrogens is 284 g/mol. The van der Waals surface area contributed by atoms with Crippen LogP contribution in [-0.2, 0) is 12.0 Å². The van der Waals surface area contributed by atoms with E-state index in [1.54, 1.807) is 6.20 Å². The van der Waals surface area contributed by atoms with Crippen LogP contribution in [0.25, 0.3) is 11.1 Å². The van der Waals surface area contributed by atoms with E-state index in [1.807, 2.05) is 19.3 Å². The molecule has 0 aliphatic carbocycles. The lowest BCUT2D eigenvalue weighted by Gasteiger charge is -2.19. The van der Waals surface area contributed by atoms with Crippen LogP contribution in [0.2, 0.25) is 0 Å².